The molecule has 1 saturated heterocycles. The predicted molar refractivity (Wildman–Crippen MR) is 128 cm³/mol. The zero-order valence-corrected chi connectivity index (χ0v) is 18.1. The SMILES string of the molecule is O=C(c1ccc2nc(-c3cccnc3)oc2c1)N1CCN(c2nc3ccccc3c(=O)[nH]2)CC1. The van der Waals surface area contributed by atoms with Gasteiger partial charge in [0.1, 0.15) is 5.52 Å². The molecule has 1 amide bonds. The molecule has 0 atom stereocenters. The zero-order chi connectivity index (χ0) is 23.1. The molecule has 1 aliphatic rings. The maximum absolute atomic E-state index is 13.2. The first-order chi connectivity index (χ1) is 16.7. The van der Waals surface area contributed by atoms with Crippen molar-refractivity contribution in [2.75, 3.05) is 31.1 Å². The van der Waals surface area contributed by atoms with Crippen LogP contribution in [0.25, 0.3) is 33.5 Å². The lowest BCUT2D eigenvalue weighted by molar-refractivity contribution is 0.0746. The molecule has 0 saturated carbocycles. The number of aromatic amines is 1. The Bertz CT molecular complexity index is 1570. The molecule has 0 unspecified atom stereocenters. The van der Waals surface area contributed by atoms with Crippen molar-refractivity contribution < 1.29 is 9.21 Å². The molecule has 2 aromatic carbocycles. The van der Waals surface area contributed by atoms with Gasteiger partial charge in [0.25, 0.3) is 11.5 Å². The summed E-state index contributed by atoms with van der Waals surface area (Å²) < 4.78 is 5.88. The van der Waals surface area contributed by atoms with Crippen molar-refractivity contribution in [2.24, 2.45) is 0 Å². The minimum atomic E-state index is -0.162. The van der Waals surface area contributed by atoms with Gasteiger partial charge in [0, 0.05) is 44.1 Å². The summed E-state index contributed by atoms with van der Waals surface area (Å²) in [6, 6.07) is 16.3. The molecular formula is C25H20N6O3. The number of nitrogens with zero attached hydrogens (tertiary/aromatic N) is 5. The minimum absolute atomic E-state index is 0.0687. The Morgan fingerprint density at radius 3 is 2.62 bits per heavy atom. The average molecular weight is 452 g/mol. The number of hydrogen-bond acceptors (Lipinski definition) is 7. The van der Waals surface area contributed by atoms with Crippen molar-refractivity contribution in [1.82, 2.24) is 24.8 Å². The molecule has 168 valence electrons. The van der Waals surface area contributed by atoms with E-state index in [0.29, 0.717) is 65.6 Å². The summed E-state index contributed by atoms with van der Waals surface area (Å²) in [5.74, 6) is 0.931. The van der Waals surface area contributed by atoms with E-state index in [9.17, 15) is 9.59 Å². The predicted octanol–water partition coefficient (Wildman–Crippen LogP) is 3.09. The molecule has 1 aliphatic heterocycles. The van der Waals surface area contributed by atoms with Gasteiger partial charge in [-0.25, -0.2) is 9.97 Å². The number of H-pyrrole nitrogens is 1. The smallest absolute Gasteiger partial charge is 0.260 e. The van der Waals surface area contributed by atoms with Gasteiger partial charge in [-0.05, 0) is 42.5 Å². The summed E-state index contributed by atoms with van der Waals surface area (Å²) >= 11 is 0. The van der Waals surface area contributed by atoms with Crippen LogP contribution in [-0.4, -0.2) is 56.9 Å². The Hall–Kier alpha value is -4.53. The lowest BCUT2D eigenvalue weighted by Crippen LogP contribution is -2.49. The average Bonchev–Trinajstić information content (AvgIpc) is 3.32. The van der Waals surface area contributed by atoms with E-state index in [1.807, 2.05) is 35.2 Å². The molecule has 0 bridgehead atoms. The van der Waals surface area contributed by atoms with Gasteiger partial charge in [-0.2, -0.15) is 0 Å². The Morgan fingerprint density at radius 1 is 0.941 bits per heavy atom. The molecule has 1 N–H and O–H groups in total. The van der Waals surface area contributed by atoms with E-state index < -0.39 is 0 Å². The van der Waals surface area contributed by atoms with Crippen molar-refractivity contribution in [1.29, 1.82) is 0 Å². The van der Waals surface area contributed by atoms with E-state index in [2.05, 4.69) is 19.9 Å². The molecule has 34 heavy (non-hydrogen) atoms. The molecule has 0 radical (unpaired) electrons. The van der Waals surface area contributed by atoms with Crippen LogP contribution in [0.1, 0.15) is 10.4 Å². The van der Waals surface area contributed by atoms with Crippen LogP contribution in [0.5, 0.6) is 0 Å². The van der Waals surface area contributed by atoms with Gasteiger partial charge in [0.05, 0.1) is 16.5 Å². The summed E-state index contributed by atoms with van der Waals surface area (Å²) in [6.45, 7) is 2.18. The summed E-state index contributed by atoms with van der Waals surface area (Å²) in [5, 5.41) is 0.564. The number of amides is 1. The molecule has 0 aliphatic carbocycles. The van der Waals surface area contributed by atoms with Crippen LogP contribution in [0.4, 0.5) is 5.95 Å². The number of pyridine rings is 1. The van der Waals surface area contributed by atoms with Gasteiger partial charge in [-0.3, -0.25) is 19.6 Å². The molecule has 9 heteroatoms. The number of nitrogens with one attached hydrogen (secondary N) is 1. The standard InChI is InChI=1S/C25H20N6O3/c32-22-18-5-1-2-6-19(18)28-25(29-22)31-12-10-30(11-13-31)24(33)16-7-8-20-21(14-16)34-23(27-20)17-4-3-9-26-15-17/h1-9,14-15H,10-13H2,(H,28,29,32). The first-order valence-electron chi connectivity index (χ1n) is 11.0. The molecule has 4 heterocycles. The van der Waals surface area contributed by atoms with E-state index in [4.69, 9.17) is 4.42 Å². The maximum Gasteiger partial charge on any atom is 0.260 e. The number of aromatic nitrogens is 4. The highest BCUT2D eigenvalue weighted by molar-refractivity contribution is 5.97. The van der Waals surface area contributed by atoms with Crippen LogP contribution in [0, 0.1) is 0 Å². The molecule has 0 spiro atoms. The van der Waals surface area contributed by atoms with E-state index >= 15 is 0 Å². The highest BCUT2D eigenvalue weighted by Gasteiger charge is 2.24. The fourth-order valence-corrected chi connectivity index (χ4v) is 4.20. The summed E-state index contributed by atoms with van der Waals surface area (Å²) in [6.07, 6.45) is 3.38. The van der Waals surface area contributed by atoms with Gasteiger partial charge >= 0.3 is 0 Å². The first-order valence-corrected chi connectivity index (χ1v) is 11.0. The number of benzene rings is 2. The molecule has 6 rings (SSSR count). The number of carbonyl (C=O) groups excluding carboxylic acids is 1. The largest absolute Gasteiger partial charge is 0.436 e. The molecule has 1 fully saturated rings. The van der Waals surface area contributed by atoms with E-state index in [1.54, 1.807) is 41.6 Å². The summed E-state index contributed by atoms with van der Waals surface area (Å²) in [5.41, 5.74) is 3.07. The lowest BCUT2D eigenvalue weighted by Gasteiger charge is -2.35. The van der Waals surface area contributed by atoms with Crippen molar-refractivity contribution in [3.63, 3.8) is 0 Å². The Balaban J connectivity index is 1.19. The second-order valence-electron chi connectivity index (χ2n) is 8.13. The Labute approximate surface area is 193 Å². The normalized spacial score (nSPS) is 14.1. The summed E-state index contributed by atoms with van der Waals surface area (Å²) in [7, 11) is 0. The van der Waals surface area contributed by atoms with Crippen LogP contribution in [0.2, 0.25) is 0 Å². The monoisotopic (exact) mass is 452 g/mol. The molecule has 3 aromatic heterocycles. The van der Waals surface area contributed by atoms with E-state index in [-0.39, 0.29) is 11.5 Å². The number of rotatable bonds is 3. The third kappa shape index (κ3) is 3.57. The van der Waals surface area contributed by atoms with Crippen molar-refractivity contribution in [2.45, 2.75) is 0 Å². The highest BCUT2D eigenvalue weighted by atomic mass is 16.3. The van der Waals surface area contributed by atoms with E-state index in [0.717, 1.165) is 5.56 Å². The number of piperazine rings is 1. The van der Waals surface area contributed by atoms with Gasteiger partial charge < -0.3 is 14.2 Å². The number of anilines is 1. The number of para-hydroxylation sites is 1. The molecular weight excluding hydrogens is 432 g/mol. The second kappa shape index (κ2) is 8.11. The third-order valence-corrected chi connectivity index (χ3v) is 6.01. The number of hydrogen-bond donors (Lipinski definition) is 1. The summed E-state index contributed by atoms with van der Waals surface area (Å²) in [4.78, 5) is 45.4. The second-order valence-corrected chi connectivity index (χ2v) is 8.13. The van der Waals surface area contributed by atoms with Crippen molar-refractivity contribution >= 4 is 33.9 Å². The van der Waals surface area contributed by atoms with Gasteiger partial charge in [-0.15, -0.1) is 0 Å². The van der Waals surface area contributed by atoms with Gasteiger partial charge in [0.15, 0.2) is 5.58 Å². The zero-order valence-electron chi connectivity index (χ0n) is 18.1. The van der Waals surface area contributed by atoms with Crippen molar-refractivity contribution in [3.05, 3.63) is 82.9 Å². The van der Waals surface area contributed by atoms with Crippen LogP contribution in [-0.2, 0) is 0 Å². The first kappa shape index (κ1) is 20.1. The van der Waals surface area contributed by atoms with Crippen LogP contribution in [0.3, 0.4) is 0 Å². The highest BCUT2D eigenvalue weighted by Crippen LogP contribution is 2.25. The van der Waals surface area contributed by atoms with Crippen LogP contribution < -0.4 is 10.5 Å². The minimum Gasteiger partial charge on any atom is -0.436 e. The maximum atomic E-state index is 13.2. The van der Waals surface area contributed by atoms with E-state index in [1.165, 1.54) is 0 Å². The molecule has 5 aromatic rings. The topological polar surface area (TPSA) is 108 Å². The number of carbonyl (C=O) groups is 1. The fraction of sp³-hybridized carbons (Fsp3) is 0.160. The van der Waals surface area contributed by atoms with Gasteiger partial charge in [0.2, 0.25) is 11.8 Å². The number of oxazole rings is 1. The fourth-order valence-electron chi connectivity index (χ4n) is 4.20. The lowest BCUT2D eigenvalue weighted by atomic mass is 10.1. The van der Waals surface area contributed by atoms with Crippen LogP contribution in [0.15, 0.2) is 76.2 Å². The third-order valence-electron chi connectivity index (χ3n) is 6.01. The Morgan fingerprint density at radius 2 is 1.79 bits per heavy atom. The number of fused-ring (bicyclic) bond motifs is 2. The van der Waals surface area contributed by atoms with Crippen molar-refractivity contribution in [3.8, 4) is 11.5 Å². The van der Waals surface area contributed by atoms with Crippen LogP contribution >= 0.6 is 0 Å². The molecule has 9 nitrogen and oxygen atoms in total. The quantitative estimate of drug-likeness (QED) is 0.448. The Kier molecular flexibility index (Phi) is 4.80. The van der Waals surface area contributed by atoms with Gasteiger partial charge in [-0.1, -0.05) is 12.1 Å².